The molecule has 0 unspecified atom stereocenters. The summed E-state index contributed by atoms with van der Waals surface area (Å²) in [4.78, 5) is 26.0. The summed E-state index contributed by atoms with van der Waals surface area (Å²) in [5, 5.41) is 0. The highest BCUT2D eigenvalue weighted by Crippen LogP contribution is 2.19. The number of carbonyl (C=O) groups is 2. The van der Waals surface area contributed by atoms with Crippen molar-refractivity contribution in [1.29, 1.82) is 0 Å². The number of benzene rings is 2. The van der Waals surface area contributed by atoms with E-state index in [9.17, 15) is 9.59 Å². The van der Waals surface area contributed by atoms with Crippen molar-refractivity contribution in [2.24, 2.45) is 0 Å². The molecule has 0 spiro atoms. The maximum absolute atomic E-state index is 12.3. The Labute approximate surface area is 126 Å². The zero-order valence-electron chi connectivity index (χ0n) is 11.0. The summed E-state index contributed by atoms with van der Waals surface area (Å²) < 4.78 is 0.930. The number of amides is 1. The standard InChI is InChI=1S/C16H14BrNO2/c1-2-18(14-10-8-13(17)9-11-14)16(20)15(19)12-6-4-3-5-7-12/h3-11H,2H2,1H3. The Balaban J connectivity index is 2.26. The third-order valence-corrected chi connectivity index (χ3v) is 3.46. The second kappa shape index (κ2) is 6.48. The molecule has 0 heterocycles. The van der Waals surface area contributed by atoms with Crippen molar-refractivity contribution < 1.29 is 9.59 Å². The van der Waals surface area contributed by atoms with E-state index in [2.05, 4.69) is 15.9 Å². The minimum Gasteiger partial charge on any atom is -0.306 e. The lowest BCUT2D eigenvalue weighted by molar-refractivity contribution is -0.114. The van der Waals surface area contributed by atoms with Gasteiger partial charge in [-0.15, -0.1) is 0 Å². The van der Waals surface area contributed by atoms with Crippen LogP contribution in [0.2, 0.25) is 0 Å². The molecule has 2 rings (SSSR count). The monoisotopic (exact) mass is 331 g/mol. The molecule has 2 aromatic carbocycles. The number of ketones is 1. The van der Waals surface area contributed by atoms with E-state index >= 15 is 0 Å². The van der Waals surface area contributed by atoms with Crippen molar-refractivity contribution in [1.82, 2.24) is 0 Å². The number of likely N-dealkylation sites (N-methyl/N-ethyl adjacent to an activating group) is 1. The van der Waals surface area contributed by atoms with Crippen LogP contribution in [0.15, 0.2) is 59.1 Å². The molecule has 0 bridgehead atoms. The van der Waals surface area contributed by atoms with Crippen molar-refractivity contribution in [2.45, 2.75) is 6.92 Å². The SMILES string of the molecule is CCN(C(=O)C(=O)c1ccccc1)c1ccc(Br)cc1. The van der Waals surface area contributed by atoms with E-state index in [4.69, 9.17) is 0 Å². The van der Waals surface area contributed by atoms with Crippen LogP contribution in [0.25, 0.3) is 0 Å². The van der Waals surface area contributed by atoms with E-state index in [0.717, 1.165) is 4.47 Å². The number of halogens is 1. The Morgan fingerprint density at radius 1 is 1.00 bits per heavy atom. The second-order valence-corrected chi connectivity index (χ2v) is 5.14. The van der Waals surface area contributed by atoms with Gasteiger partial charge in [-0.3, -0.25) is 9.59 Å². The molecule has 1 amide bonds. The molecule has 2 aromatic rings. The van der Waals surface area contributed by atoms with Gasteiger partial charge in [0.2, 0.25) is 0 Å². The van der Waals surface area contributed by atoms with Gasteiger partial charge >= 0.3 is 0 Å². The predicted molar refractivity (Wildman–Crippen MR) is 82.9 cm³/mol. The summed E-state index contributed by atoms with van der Waals surface area (Å²) >= 11 is 3.35. The lowest BCUT2D eigenvalue weighted by Crippen LogP contribution is -2.36. The maximum Gasteiger partial charge on any atom is 0.299 e. The molecule has 3 nitrogen and oxygen atoms in total. The predicted octanol–water partition coefficient (Wildman–Crippen LogP) is 3.68. The highest BCUT2D eigenvalue weighted by molar-refractivity contribution is 9.10. The number of nitrogens with zero attached hydrogens (tertiary/aromatic N) is 1. The lowest BCUT2D eigenvalue weighted by atomic mass is 10.1. The first kappa shape index (κ1) is 14.5. The first-order valence-corrected chi connectivity index (χ1v) is 7.09. The molecule has 0 aliphatic rings. The van der Waals surface area contributed by atoms with Crippen LogP contribution in [0, 0.1) is 0 Å². The van der Waals surface area contributed by atoms with Crippen LogP contribution in [-0.4, -0.2) is 18.2 Å². The van der Waals surface area contributed by atoms with Crippen LogP contribution in [-0.2, 0) is 4.79 Å². The fourth-order valence-electron chi connectivity index (χ4n) is 1.90. The number of hydrogen-bond donors (Lipinski definition) is 0. The van der Waals surface area contributed by atoms with E-state index in [1.165, 1.54) is 4.90 Å². The summed E-state index contributed by atoms with van der Waals surface area (Å²) in [7, 11) is 0. The van der Waals surface area contributed by atoms with Gasteiger partial charge in [-0.05, 0) is 31.2 Å². The summed E-state index contributed by atoms with van der Waals surface area (Å²) in [6, 6.07) is 15.9. The first-order chi connectivity index (χ1) is 9.63. The molecule has 0 atom stereocenters. The quantitative estimate of drug-likeness (QED) is 0.633. The summed E-state index contributed by atoms with van der Waals surface area (Å²) in [5.74, 6) is -1.00. The Hall–Kier alpha value is -1.94. The Morgan fingerprint density at radius 3 is 2.15 bits per heavy atom. The number of rotatable bonds is 4. The number of hydrogen-bond acceptors (Lipinski definition) is 2. The van der Waals surface area contributed by atoms with Gasteiger partial charge in [-0.2, -0.15) is 0 Å². The van der Waals surface area contributed by atoms with Gasteiger partial charge in [0, 0.05) is 22.3 Å². The molecule has 0 saturated heterocycles. The maximum atomic E-state index is 12.3. The third-order valence-electron chi connectivity index (χ3n) is 2.93. The van der Waals surface area contributed by atoms with Crippen LogP contribution in [0.4, 0.5) is 5.69 Å². The van der Waals surface area contributed by atoms with E-state index < -0.39 is 11.7 Å². The van der Waals surface area contributed by atoms with Gasteiger partial charge in [-0.1, -0.05) is 46.3 Å². The van der Waals surface area contributed by atoms with Gasteiger partial charge in [0.1, 0.15) is 0 Å². The molecule has 0 aromatic heterocycles. The molecule has 0 fully saturated rings. The van der Waals surface area contributed by atoms with E-state index in [0.29, 0.717) is 17.8 Å². The normalized spacial score (nSPS) is 10.1. The van der Waals surface area contributed by atoms with Crippen LogP contribution < -0.4 is 4.90 Å². The van der Waals surface area contributed by atoms with Crippen LogP contribution in [0.5, 0.6) is 0 Å². The van der Waals surface area contributed by atoms with Crippen LogP contribution in [0.1, 0.15) is 17.3 Å². The summed E-state index contributed by atoms with van der Waals surface area (Å²) in [6.45, 7) is 2.29. The molecule has 0 radical (unpaired) electrons. The van der Waals surface area contributed by atoms with Gasteiger partial charge in [-0.25, -0.2) is 0 Å². The smallest absolute Gasteiger partial charge is 0.299 e. The Kier molecular flexibility index (Phi) is 4.69. The lowest BCUT2D eigenvalue weighted by Gasteiger charge is -2.20. The minimum absolute atomic E-state index is 0.410. The molecule has 0 aliphatic carbocycles. The van der Waals surface area contributed by atoms with Crippen molar-refractivity contribution in [2.75, 3.05) is 11.4 Å². The molecule has 0 N–H and O–H groups in total. The van der Waals surface area contributed by atoms with Gasteiger partial charge in [0.25, 0.3) is 11.7 Å². The summed E-state index contributed by atoms with van der Waals surface area (Å²) in [5.41, 5.74) is 1.12. The number of Topliss-reactive ketones (excluding diaryl/α,β-unsaturated/α-hetero) is 1. The fraction of sp³-hybridized carbons (Fsp3) is 0.125. The minimum atomic E-state index is -0.513. The molecule has 20 heavy (non-hydrogen) atoms. The first-order valence-electron chi connectivity index (χ1n) is 6.30. The zero-order valence-corrected chi connectivity index (χ0v) is 12.6. The molecule has 102 valence electrons. The van der Waals surface area contributed by atoms with Gasteiger partial charge < -0.3 is 4.90 Å². The van der Waals surface area contributed by atoms with Crippen molar-refractivity contribution in [3.63, 3.8) is 0 Å². The number of carbonyl (C=O) groups excluding carboxylic acids is 2. The van der Waals surface area contributed by atoms with Crippen molar-refractivity contribution in [3.05, 3.63) is 64.6 Å². The molecule has 0 saturated carbocycles. The largest absolute Gasteiger partial charge is 0.306 e. The van der Waals surface area contributed by atoms with Crippen molar-refractivity contribution >= 4 is 33.3 Å². The Bertz CT molecular complexity index is 608. The van der Waals surface area contributed by atoms with E-state index in [-0.39, 0.29) is 0 Å². The van der Waals surface area contributed by atoms with E-state index in [1.807, 2.05) is 37.3 Å². The van der Waals surface area contributed by atoms with Crippen LogP contribution in [0.3, 0.4) is 0 Å². The number of anilines is 1. The van der Waals surface area contributed by atoms with Crippen molar-refractivity contribution in [3.8, 4) is 0 Å². The van der Waals surface area contributed by atoms with Crippen LogP contribution >= 0.6 is 15.9 Å². The Morgan fingerprint density at radius 2 is 1.60 bits per heavy atom. The third kappa shape index (κ3) is 3.14. The topological polar surface area (TPSA) is 37.4 Å². The average Bonchev–Trinajstić information content (AvgIpc) is 2.50. The van der Waals surface area contributed by atoms with Gasteiger partial charge in [0.05, 0.1) is 0 Å². The second-order valence-electron chi connectivity index (χ2n) is 4.22. The van der Waals surface area contributed by atoms with E-state index in [1.54, 1.807) is 24.3 Å². The van der Waals surface area contributed by atoms with Gasteiger partial charge in [0.15, 0.2) is 0 Å². The molecular formula is C16H14BrNO2. The fourth-order valence-corrected chi connectivity index (χ4v) is 2.16. The highest BCUT2D eigenvalue weighted by atomic mass is 79.9. The average molecular weight is 332 g/mol. The zero-order chi connectivity index (χ0) is 14.5. The molecular weight excluding hydrogens is 318 g/mol. The molecule has 0 aliphatic heterocycles. The highest BCUT2D eigenvalue weighted by Gasteiger charge is 2.23. The summed E-state index contributed by atoms with van der Waals surface area (Å²) in [6.07, 6.45) is 0. The molecule has 4 heteroatoms.